The van der Waals surface area contributed by atoms with Gasteiger partial charge < -0.3 is 19.6 Å². The van der Waals surface area contributed by atoms with Gasteiger partial charge >= 0.3 is 12.1 Å². The zero-order valence-corrected chi connectivity index (χ0v) is 18.9. The van der Waals surface area contributed by atoms with Crippen LogP contribution in [-0.4, -0.2) is 58.3 Å². The van der Waals surface area contributed by atoms with Crippen molar-refractivity contribution in [2.45, 2.75) is 77.9 Å². The summed E-state index contributed by atoms with van der Waals surface area (Å²) in [6, 6.07) is 3.81. The summed E-state index contributed by atoms with van der Waals surface area (Å²) in [4.78, 5) is 32.7. The average molecular weight is 418 g/mol. The van der Waals surface area contributed by atoms with Crippen molar-refractivity contribution in [2.75, 3.05) is 24.5 Å². The first kappa shape index (κ1) is 22.4. The molecule has 1 aromatic rings. The third kappa shape index (κ3) is 5.64. The zero-order valence-electron chi connectivity index (χ0n) is 18.9. The molecule has 2 aliphatic rings. The molecule has 30 heavy (non-hydrogen) atoms. The summed E-state index contributed by atoms with van der Waals surface area (Å²) in [6.07, 6.45) is 5.75. The summed E-state index contributed by atoms with van der Waals surface area (Å²) in [6.45, 7) is 11.9. The van der Waals surface area contributed by atoms with E-state index in [0.717, 1.165) is 51.0 Å². The van der Waals surface area contributed by atoms with Gasteiger partial charge in [-0.3, -0.25) is 9.78 Å². The number of hydrogen-bond donors (Lipinski definition) is 1. The Labute approximate surface area is 179 Å². The maximum atomic E-state index is 13.0. The van der Waals surface area contributed by atoms with E-state index < -0.39 is 17.5 Å². The van der Waals surface area contributed by atoms with Gasteiger partial charge in [0.2, 0.25) is 0 Å². The highest BCUT2D eigenvalue weighted by Gasteiger charge is 2.43. The first-order chi connectivity index (χ1) is 14.0. The maximum Gasteiger partial charge on any atom is 0.410 e. The fraction of sp³-hybridized carbons (Fsp3) is 0.696. The Hall–Kier alpha value is -2.31. The van der Waals surface area contributed by atoms with Crippen LogP contribution in [0.4, 0.5) is 10.5 Å². The van der Waals surface area contributed by atoms with E-state index in [9.17, 15) is 14.7 Å². The van der Waals surface area contributed by atoms with E-state index in [0.29, 0.717) is 5.69 Å². The summed E-state index contributed by atoms with van der Waals surface area (Å²) >= 11 is 0. The Morgan fingerprint density at radius 2 is 2.07 bits per heavy atom. The zero-order chi connectivity index (χ0) is 22.1. The molecule has 0 radical (unpaired) electrons. The Balaban J connectivity index is 1.73. The minimum atomic E-state index is -0.880. The average Bonchev–Trinajstić information content (AvgIpc) is 3.41. The van der Waals surface area contributed by atoms with Crippen LogP contribution in [0.5, 0.6) is 0 Å². The molecule has 0 bridgehead atoms. The van der Waals surface area contributed by atoms with Gasteiger partial charge in [0, 0.05) is 19.6 Å². The molecule has 166 valence electrons. The Morgan fingerprint density at radius 3 is 2.60 bits per heavy atom. The van der Waals surface area contributed by atoms with Crippen LogP contribution in [0.2, 0.25) is 0 Å². The van der Waals surface area contributed by atoms with Crippen molar-refractivity contribution in [2.24, 2.45) is 5.41 Å². The molecular weight excluding hydrogens is 382 g/mol. The van der Waals surface area contributed by atoms with Crippen molar-refractivity contribution in [3.05, 3.63) is 24.0 Å². The molecule has 1 aliphatic carbocycles. The van der Waals surface area contributed by atoms with Gasteiger partial charge in [-0.1, -0.05) is 6.92 Å². The summed E-state index contributed by atoms with van der Waals surface area (Å²) in [5.74, 6) is -1.51. The number of piperidine rings is 1. The predicted molar refractivity (Wildman–Crippen MR) is 116 cm³/mol. The second kappa shape index (κ2) is 8.44. The monoisotopic (exact) mass is 417 g/mol. The van der Waals surface area contributed by atoms with Gasteiger partial charge in [-0.25, -0.2) is 4.79 Å². The van der Waals surface area contributed by atoms with Gasteiger partial charge in [-0.15, -0.1) is 0 Å². The van der Waals surface area contributed by atoms with Crippen molar-refractivity contribution in [1.29, 1.82) is 0 Å². The highest BCUT2D eigenvalue weighted by atomic mass is 16.6. The fourth-order valence-corrected chi connectivity index (χ4v) is 3.86. The molecule has 1 aromatic heterocycles. The Morgan fingerprint density at radius 1 is 1.37 bits per heavy atom. The van der Waals surface area contributed by atoms with Gasteiger partial charge in [0.15, 0.2) is 0 Å². The van der Waals surface area contributed by atoms with E-state index >= 15 is 0 Å². The Bertz CT molecular complexity index is 768. The number of nitrogens with zero attached hydrogens (tertiary/aromatic N) is 3. The molecule has 2 fully saturated rings. The van der Waals surface area contributed by atoms with Crippen molar-refractivity contribution in [1.82, 2.24) is 9.88 Å². The molecule has 0 aromatic carbocycles. The molecule has 2 heterocycles. The number of carboxylic acid groups (broad SMARTS) is 1. The number of pyridine rings is 1. The molecule has 1 saturated heterocycles. The molecule has 1 saturated carbocycles. The second-order valence-electron chi connectivity index (χ2n) is 10.2. The third-order valence-corrected chi connectivity index (χ3v) is 6.07. The highest BCUT2D eigenvalue weighted by molar-refractivity contribution is 5.75. The molecule has 7 nitrogen and oxygen atoms in total. The number of aromatic nitrogens is 1. The summed E-state index contributed by atoms with van der Waals surface area (Å²) in [5.41, 5.74) is 1.20. The van der Waals surface area contributed by atoms with Crippen LogP contribution in [0, 0.1) is 5.41 Å². The number of carbonyl (C=O) groups excluding carboxylic acids is 1. The maximum absolute atomic E-state index is 13.0. The van der Waals surface area contributed by atoms with Crippen molar-refractivity contribution in [3.63, 3.8) is 0 Å². The van der Waals surface area contributed by atoms with Crippen LogP contribution in [0.1, 0.15) is 71.9 Å². The van der Waals surface area contributed by atoms with E-state index in [1.807, 2.05) is 31.7 Å². The standard InChI is InChI=1S/C23H35N3O4/c1-16(20(27)28)19-9-8-17(13-24-19)25-12-6-7-18(14-25)26(15-23(5)10-11-23)21(29)30-22(2,3)4/h8-9,13,16,18H,6-7,10-12,14-15H2,1-5H3,(H,27,28)/t16?,18-/m1/s1. The van der Waals surface area contributed by atoms with Crippen LogP contribution < -0.4 is 4.90 Å². The largest absolute Gasteiger partial charge is 0.481 e. The van der Waals surface area contributed by atoms with Gasteiger partial charge in [-0.2, -0.15) is 0 Å². The minimum Gasteiger partial charge on any atom is -0.481 e. The summed E-state index contributed by atoms with van der Waals surface area (Å²) in [5, 5.41) is 9.18. The van der Waals surface area contributed by atoms with Gasteiger partial charge in [0.1, 0.15) is 5.60 Å². The molecule has 1 aliphatic heterocycles. The number of rotatable bonds is 6. The number of amides is 1. The highest BCUT2D eigenvalue weighted by Crippen LogP contribution is 2.46. The van der Waals surface area contributed by atoms with Gasteiger partial charge in [-0.05, 0) is 70.9 Å². The third-order valence-electron chi connectivity index (χ3n) is 6.07. The SMILES string of the molecule is CC(C(=O)O)c1ccc(N2CCC[C@@H](N(CC3(C)CC3)C(=O)OC(C)(C)C)C2)cn1. The predicted octanol–water partition coefficient (Wildman–Crippen LogP) is 4.28. The fourth-order valence-electron chi connectivity index (χ4n) is 3.86. The van der Waals surface area contributed by atoms with E-state index in [2.05, 4.69) is 16.8 Å². The number of aliphatic carboxylic acids is 1. The molecule has 1 unspecified atom stereocenters. The number of ether oxygens (including phenoxy) is 1. The van der Waals surface area contributed by atoms with Crippen LogP contribution in [0.25, 0.3) is 0 Å². The quantitative estimate of drug-likeness (QED) is 0.744. The van der Waals surface area contributed by atoms with E-state index in [1.165, 1.54) is 0 Å². The molecule has 3 rings (SSSR count). The van der Waals surface area contributed by atoms with Gasteiger partial charge in [0.05, 0.1) is 29.5 Å². The molecule has 1 N–H and O–H groups in total. The topological polar surface area (TPSA) is 83.0 Å². The van der Waals surface area contributed by atoms with Crippen molar-refractivity contribution >= 4 is 17.7 Å². The smallest absolute Gasteiger partial charge is 0.410 e. The number of anilines is 1. The number of hydrogen-bond acceptors (Lipinski definition) is 5. The number of carbonyl (C=O) groups is 2. The van der Waals surface area contributed by atoms with Crippen LogP contribution in [0.15, 0.2) is 18.3 Å². The normalized spacial score (nSPS) is 21.6. The van der Waals surface area contributed by atoms with Gasteiger partial charge in [0.25, 0.3) is 0 Å². The molecule has 0 spiro atoms. The number of carboxylic acids is 1. The first-order valence-corrected chi connectivity index (χ1v) is 10.9. The summed E-state index contributed by atoms with van der Waals surface area (Å²) < 4.78 is 5.73. The molecule has 2 atom stereocenters. The second-order valence-corrected chi connectivity index (χ2v) is 10.2. The lowest BCUT2D eigenvalue weighted by Gasteiger charge is -2.41. The Kier molecular flexibility index (Phi) is 6.29. The summed E-state index contributed by atoms with van der Waals surface area (Å²) in [7, 11) is 0. The molecule has 7 heteroatoms. The van der Waals surface area contributed by atoms with Crippen LogP contribution >= 0.6 is 0 Å². The van der Waals surface area contributed by atoms with E-state index in [-0.39, 0.29) is 17.6 Å². The minimum absolute atomic E-state index is 0.0867. The lowest BCUT2D eigenvalue weighted by molar-refractivity contribution is -0.138. The van der Waals surface area contributed by atoms with Crippen molar-refractivity contribution < 1.29 is 19.4 Å². The van der Waals surface area contributed by atoms with Crippen molar-refractivity contribution in [3.8, 4) is 0 Å². The van der Waals surface area contributed by atoms with Crippen LogP contribution in [-0.2, 0) is 9.53 Å². The first-order valence-electron chi connectivity index (χ1n) is 10.9. The lowest BCUT2D eigenvalue weighted by Crippen LogP contribution is -2.53. The van der Waals surface area contributed by atoms with E-state index in [1.54, 1.807) is 19.2 Å². The lowest BCUT2D eigenvalue weighted by atomic mass is 10.0. The van der Waals surface area contributed by atoms with Crippen LogP contribution in [0.3, 0.4) is 0 Å². The van der Waals surface area contributed by atoms with E-state index in [4.69, 9.17) is 4.74 Å². The molecular formula is C23H35N3O4. The molecule has 1 amide bonds.